The average molecular weight is 298 g/mol. The maximum Gasteiger partial charge on any atom is 0.243 e. The van der Waals surface area contributed by atoms with Gasteiger partial charge < -0.3 is 0 Å². The van der Waals surface area contributed by atoms with E-state index < -0.39 is 10.0 Å². The van der Waals surface area contributed by atoms with Gasteiger partial charge in [0, 0.05) is 25.2 Å². The molecule has 9 heteroatoms. The topological polar surface area (TPSA) is 113 Å². The van der Waals surface area contributed by atoms with Crippen LogP contribution in [-0.2, 0) is 10.0 Å². The van der Waals surface area contributed by atoms with E-state index in [0.29, 0.717) is 6.04 Å². The number of hydrazine groups is 1. The van der Waals surface area contributed by atoms with Crippen molar-refractivity contribution < 1.29 is 8.42 Å². The third-order valence-electron chi connectivity index (χ3n) is 3.67. The molecular weight excluding hydrogens is 280 g/mol. The predicted molar refractivity (Wildman–Crippen MR) is 73.2 cm³/mol. The third-order valence-corrected chi connectivity index (χ3v) is 5.15. The molecule has 1 aliphatic carbocycles. The van der Waals surface area contributed by atoms with Crippen LogP contribution < -0.4 is 16.0 Å². The third kappa shape index (κ3) is 2.90. The first kappa shape index (κ1) is 13.7. The van der Waals surface area contributed by atoms with Crippen molar-refractivity contribution in [3.05, 3.63) is 12.4 Å². The molecule has 0 radical (unpaired) electrons. The van der Waals surface area contributed by atoms with E-state index in [2.05, 4.69) is 25.0 Å². The summed E-state index contributed by atoms with van der Waals surface area (Å²) in [4.78, 5) is 10.0. The second-order valence-electron chi connectivity index (χ2n) is 5.22. The molecule has 1 unspecified atom stereocenters. The van der Waals surface area contributed by atoms with E-state index in [1.165, 1.54) is 25.2 Å². The second kappa shape index (κ2) is 5.24. The van der Waals surface area contributed by atoms with Gasteiger partial charge in [0.15, 0.2) is 0 Å². The zero-order chi connectivity index (χ0) is 14.2. The van der Waals surface area contributed by atoms with E-state index in [4.69, 9.17) is 5.84 Å². The Balaban J connectivity index is 1.65. The molecule has 1 aliphatic heterocycles. The minimum absolute atomic E-state index is 0.0343. The molecule has 0 amide bonds. The molecule has 1 atom stereocenters. The first-order valence-electron chi connectivity index (χ1n) is 6.63. The standard InChI is InChI=1S/C11H18N6O2S/c12-15-11-13-5-10(6-14-11)20(18,19)16-8-3-4-17(7-8)9-1-2-9/h5-6,8-9,16H,1-4,7,12H2,(H,13,14,15). The zero-order valence-electron chi connectivity index (χ0n) is 11.0. The van der Waals surface area contributed by atoms with Crippen LogP contribution in [0.4, 0.5) is 5.95 Å². The highest BCUT2D eigenvalue weighted by molar-refractivity contribution is 7.89. The van der Waals surface area contributed by atoms with Gasteiger partial charge in [-0.3, -0.25) is 10.3 Å². The van der Waals surface area contributed by atoms with Crippen LogP contribution in [0.2, 0.25) is 0 Å². The molecule has 0 aromatic carbocycles. The molecule has 2 fully saturated rings. The number of nitrogen functional groups attached to an aromatic ring is 1. The summed E-state index contributed by atoms with van der Waals surface area (Å²) in [7, 11) is -3.57. The van der Waals surface area contributed by atoms with Crippen molar-refractivity contribution in [1.82, 2.24) is 19.6 Å². The van der Waals surface area contributed by atoms with Gasteiger partial charge in [0.05, 0.1) is 12.4 Å². The van der Waals surface area contributed by atoms with E-state index in [0.717, 1.165) is 19.5 Å². The highest BCUT2D eigenvalue weighted by atomic mass is 32.2. The summed E-state index contributed by atoms with van der Waals surface area (Å²) in [6, 6.07) is 0.635. The molecule has 8 nitrogen and oxygen atoms in total. The number of nitrogens with one attached hydrogen (secondary N) is 2. The number of nitrogens with two attached hydrogens (primary N) is 1. The normalized spacial score (nSPS) is 23.9. The average Bonchev–Trinajstić information content (AvgIpc) is 3.20. The summed E-state index contributed by atoms with van der Waals surface area (Å²) < 4.78 is 27.2. The highest BCUT2D eigenvalue weighted by Gasteiger charge is 2.35. The van der Waals surface area contributed by atoms with Crippen molar-refractivity contribution in [2.24, 2.45) is 5.84 Å². The number of sulfonamides is 1. The number of anilines is 1. The first-order valence-corrected chi connectivity index (χ1v) is 8.12. The number of nitrogens with zero attached hydrogens (tertiary/aromatic N) is 3. The molecule has 20 heavy (non-hydrogen) atoms. The molecule has 2 heterocycles. The Morgan fingerprint density at radius 1 is 1.25 bits per heavy atom. The summed E-state index contributed by atoms with van der Waals surface area (Å²) in [5.41, 5.74) is 2.26. The van der Waals surface area contributed by atoms with E-state index in [-0.39, 0.29) is 16.9 Å². The summed E-state index contributed by atoms with van der Waals surface area (Å²) in [5, 5.41) is 0. The van der Waals surface area contributed by atoms with Crippen LogP contribution in [0, 0.1) is 0 Å². The number of hydrogen-bond acceptors (Lipinski definition) is 7. The Morgan fingerprint density at radius 3 is 2.55 bits per heavy atom. The van der Waals surface area contributed by atoms with Crippen molar-refractivity contribution in [1.29, 1.82) is 0 Å². The van der Waals surface area contributed by atoms with Crippen LogP contribution in [-0.4, -0.2) is 48.5 Å². The Morgan fingerprint density at radius 2 is 1.95 bits per heavy atom. The van der Waals surface area contributed by atoms with Crippen molar-refractivity contribution in [2.45, 2.75) is 36.2 Å². The van der Waals surface area contributed by atoms with Crippen molar-refractivity contribution in [2.75, 3.05) is 18.5 Å². The maximum atomic E-state index is 12.2. The van der Waals surface area contributed by atoms with Crippen molar-refractivity contribution in [3.8, 4) is 0 Å². The van der Waals surface area contributed by atoms with Crippen molar-refractivity contribution >= 4 is 16.0 Å². The fourth-order valence-electron chi connectivity index (χ4n) is 2.47. The van der Waals surface area contributed by atoms with Crippen LogP contribution in [0.25, 0.3) is 0 Å². The fraction of sp³-hybridized carbons (Fsp3) is 0.636. The van der Waals surface area contributed by atoms with Gasteiger partial charge in [-0.05, 0) is 19.3 Å². The largest absolute Gasteiger partial charge is 0.299 e. The Kier molecular flexibility index (Phi) is 3.59. The Hall–Kier alpha value is -1.29. The molecule has 0 spiro atoms. The lowest BCUT2D eigenvalue weighted by atomic mass is 10.3. The SMILES string of the molecule is NNc1ncc(S(=O)(=O)NC2CCN(C3CC3)C2)cn1. The van der Waals surface area contributed by atoms with Gasteiger partial charge >= 0.3 is 0 Å². The van der Waals surface area contributed by atoms with Gasteiger partial charge in [-0.1, -0.05) is 0 Å². The molecule has 1 saturated carbocycles. The summed E-state index contributed by atoms with van der Waals surface area (Å²) in [6.07, 6.45) is 5.82. The lowest BCUT2D eigenvalue weighted by Gasteiger charge is -2.15. The minimum Gasteiger partial charge on any atom is -0.299 e. The molecule has 1 aromatic rings. The quantitative estimate of drug-likeness (QED) is 0.485. The van der Waals surface area contributed by atoms with Gasteiger partial charge in [0.25, 0.3) is 0 Å². The Bertz CT molecular complexity index is 571. The van der Waals surface area contributed by atoms with Crippen LogP contribution >= 0.6 is 0 Å². The van der Waals surface area contributed by atoms with E-state index >= 15 is 0 Å². The molecule has 1 saturated heterocycles. The van der Waals surface area contributed by atoms with Gasteiger partial charge in [-0.2, -0.15) is 0 Å². The first-order chi connectivity index (χ1) is 9.58. The molecule has 3 rings (SSSR count). The number of likely N-dealkylation sites (tertiary alicyclic amines) is 1. The lowest BCUT2D eigenvalue weighted by molar-refractivity contribution is 0.322. The highest BCUT2D eigenvalue weighted by Crippen LogP contribution is 2.30. The van der Waals surface area contributed by atoms with Gasteiger partial charge in [-0.15, -0.1) is 0 Å². The molecular formula is C11H18N6O2S. The molecule has 1 aromatic heterocycles. The van der Waals surface area contributed by atoms with Gasteiger partial charge in [0.1, 0.15) is 4.90 Å². The predicted octanol–water partition coefficient (Wildman–Crippen LogP) is -0.723. The smallest absolute Gasteiger partial charge is 0.243 e. The molecule has 4 N–H and O–H groups in total. The van der Waals surface area contributed by atoms with Crippen LogP contribution in [0.1, 0.15) is 19.3 Å². The summed E-state index contributed by atoms with van der Waals surface area (Å²) >= 11 is 0. The second-order valence-corrected chi connectivity index (χ2v) is 6.93. The molecule has 2 aliphatic rings. The fourth-order valence-corrected chi connectivity index (χ4v) is 3.62. The number of rotatable bonds is 5. The van der Waals surface area contributed by atoms with Crippen LogP contribution in [0.3, 0.4) is 0 Å². The van der Waals surface area contributed by atoms with E-state index in [1.54, 1.807) is 0 Å². The van der Waals surface area contributed by atoms with E-state index in [9.17, 15) is 8.42 Å². The van der Waals surface area contributed by atoms with Crippen LogP contribution in [0.5, 0.6) is 0 Å². The molecule has 110 valence electrons. The monoisotopic (exact) mass is 298 g/mol. The summed E-state index contributed by atoms with van der Waals surface area (Å²) in [6.45, 7) is 1.75. The van der Waals surface area contributed by atoms with E-state index in [1.807, 2.05) is 0 Å². The minimum atomic E-state index is -3.57. The number of aromatic nitrogens is 2. The van der Waals surface area contributed by atoms with Crippen molar-refractivity contribution in [3.63, 3.8) is 0 Å². The Labute approximate surface area is 117 Å². The maximum absolute atomic E-state index is 12.2. The summed E-state index contributed by atoms with van der Waals surface area (Å²) in [5.74, 6) is 5.33. The molecule has 0 bridgehead atoms. The zero-order valence-corrected chi connectivity index (χ0v) is 11.8. The van der Waals surface area contributed by atoms with Gasteiger partial charge in [-0.25, -0.2) is 29.0 Å². The lowest BCUT2D eigenvalue weighted by Crippen LogP contribution is -2.37. The number of hydrogen-bond donors (Lipinski definition) is 3. The van der Waals surface area contributed by atoms with Gasteiger partial charge in [0.2, 0.25) is 16.0 Å². The van der Waals surface area contributed by atoms with Crippen LogP contribution in [0.15, 0.2) is 17.3 Å².